The van der Waals surface area contributed by atoms with Crippen LogP contribution in [-0.2, 0) is 6.42 Å². The number of nitrogens with zero attached hydrogens (tertiary/aromatic N) is 2. The van der Waals surface area contributed by atoms with E-state index in [9.17, 15) is 0 Å². The van der Waals surface area contributed by atoms with Crippen LogP contribution in [0.1, 0.15) is 11.3 Å². The first kappa shape index (κ1) is 9.15. The summed E-state index contributed by atoms with van der Waals surface area (Å²) >= 11 is 4.88. The van der Waals surface area contributed by atoms with Crippen molar-refractivity contribution in [2.75, 3.05) is 0 Å². The molecule has 0 saturated heterocycles. The molecule has 0 aliphatic heterocycles. The lowest BCUT2D eigenvalue weighted by molar-refractivity contribution is 1.06. The van der Waals surface area contributed by atoms with E-state index in [1.807, 2.05) is 35.9 Å². The minimum atomic E-state index is 0.494. The van der Waals surface area contributed by atoms with Gasteiger partial charge in [0, 0.05) is 24.5 Å². The molecule has 2 N–H and O–H groups in total. The first-order chi connectivity index (χ1) is 6.66. The molecule has 0 radical (unpaired) electrons. The molecule has 0 aliphatic rings. The highest BCUT2D eigenvalue weighted by Crippen LogP contribution is 2.09. The molecule has 0 bridgehead atoms. The molecule has 0 fully saturated rings. The normalized spacial score (nSPS) is 10.6. The Morgan fingerprint density at radius 2 is 2.36 bits per heavy atom. The van der Waals surface area contributed by atoms with Gasteiger partial charge < -0.3 is 10.1 Å². The van der Waals surface area contributed by atoms with Crippen LogP contribution in [0.4, 0.5) is 0 Å². The quantitative estimate of drug-likeness (QED) is 0.755. The zero-order valence-corrected chi connectivity index (χ0v) is 8.71. The third kappa shape index (κ3) is 1.61. The minimum absolute atomic E-state index is 0.494. The van der Waals surface area contributed by atoms with Gasteiger partial charge in [-0.2, -0.15) is 0 Å². The van der Waals surface area contributed by atoms with Crippen LogP contribution in [0.5, 0.6) is 0 Å². The minimum Gasteiger partial charge on any atom is -0.393 e. The molecule has 0 amide bonds. The highest BCUT2D eigenvalue weighted by molar-refractivity contribution is 7.80. The second kappa shape index (κ2) is 3.38. The topological polar surface area (TPSA) is 43.3 Å². The average Bonchev–Trinajstić information content (AvgIpc) is 2.47. The first-order valence-electron chi connectivity index (χ1n) is 4.38. The number of pyridine rings is 1. The average molecular weight is 205 g/mol. The van der Waals surface area contributed by atoms with Crippen LogP contribution in [-0.4, -0.2) is 14.4 Å². The van der Waals surface area contributed by atoms with Gasteiger partial charge in [-0.25, -0.2) is 4.98 Å². The van der Waals surface area contributed by atoms with Crippen molar-refractivity contribution in [1.82, 2.24) is 9.38 Å². The van der Waals surface area contributed by atoms with Gasteiger partial charge in [-0.3, -0.25) is 0 Å². The van der Waals surface area contributed by atoms with E-state index < -0.39 is 0 Å². The standard InChI is InChI=1S/C10H11N3S/c1-7-2-3-10-12-5-8(4-9(11)14)13(10)6-7/h2-3,5-6H,4H2,1H3,(H2,11,14). The predicted molar refractivity (Wildman–Crippen MR) is 60.4 cm³/mol. The number of thiocarbonyl (C=S) groups is 1. The molecule has 0 aromatic carbocycles. The summed E-state index contributed by atoms with van der Waals surface area (Å²) in [5, 5.41) is 0. The maximum absolute atomic E-state index is 5.50. The SMILES string of the molecule is Cc1ccc2ncc(CC(N)=S)n2c1. The molecule has 4 heteroatoms. The molecular weight excluding hydrogens is 194 g/mol. The number of hydrogen-bond acceptors (Lipinski definition) is 2. The maximum atomic E-state index is 5.50. The third-order valence-electron chi connectivity index (χ3n) is 2.09. The number of imidazole rings is 1. The van der Waals surface area contributed by atoms with Gasteiger partial charge in [0.05, 0.1) is 4.99 Å². The lowest BCUT2D eigenvalue weighted by atomic mass is 10.3. The monoisotopic (exact) mass is 205 g/mol. The van der Waals surface area contributed by atoms with E-state index in [2.05, 4.69) is 4.98 Å². The van der Waals surface area contributed by atoms with Gasteiger partial charge in [-0.1, -0.05) is 18.3 Å². The summed E-state index contributed by atoms with van der Waals surface area (Å²) in [6.45, 7) is 2.05. The highest BCUT2D eigenvalue weighted by atomic mass is 32.1. The third-order valence-corrected chi connectivity index (χ3v) is 2.23. The molecule has 0 spiro atoms. The Balaban J connectivity index is 2.55. The van der Waals surface area contributed by atoms with E-state index >= 15 is 0 Å². The van der Waals surface area contributed by atoms with E-state index in [0.717, 1.165) is 11.3 Å². The summed E-state index contributed by atoms with van der Waals surface area (Å²) in [5.74, 6) is 0. The molecule has 2 heterocycles. The molecule has 2 aromatic heterocycles. The van der Waals surface area contributed by atoms with Crippen LogP contribution < -0.4 is 5.73 Å². The van der Waals surface area contributed by atoms with Crippen molar-refractivity contribution in [1.29, 1.82) is 0 Å². The second-order valence-electron chi connectivity index (χ2n) is 3.33. The summed E-state index contributed by atoms with van der Waals surface area (Å²) < 4.78 is 2.02. The zero-order valence-electron chi connectivity index (χ0n) is 7.90. The molecule has 14 heavy (non-hydrogen) atoms. The Kier molecular flexibility index (Phi) is 2.21. The summed E-state index contributed by atoms with van der Waals surface area (Å²) in [5.41, 5.74) is 8.67. The van der Waals surface area contributed by atoms with E-state index in [-0.39, 0.29) is 0 Å². The molecule has 72 valence electrons. The van der Waals surface area contributed by atoms with E-state index in [1.165, 1.54) is 5.56 Å². The fraction of sp³-hybridized carbons (Fsp3) is 0.200. The fourth-order valence-corrected chi connectivity index (χ4v) is 1.59. The Morgan fingerprint density at radius 1 is 1.57 bits per heavy atom. The molecule has 0 unspecified atom stereocenters. The molecule has 3 nitrogen and oxygen atoms in total. The molecule has 2 aromatic rings. The van der Waals surface area contributed by atoms with Crippen molar-refractivity contribution in [2.24, 2.45) is 5.73 Å². The fourth-order valence-electron chi connectivity index (χ4n) is 1.45. The Labute approximate surface area is 87.6 Å². The second-order valence-corrected chi connectivity index (χ2v) is 3.85. The van der Waals surface area contributed by atoms with Crippen molar-refractivity contribution >= 4 is 22.9 Å². The van der Waals surface area contributed by atoms with Crippen LogP contribution in [0.25, 0.3) is 5.65 Å². The van der Waals surface area contributed by atoms with Crippen LogP contribution in [0.2, 0.25) is 0 Å². The van der Waals surface area contributed by atoms with Crippen molar-refractivity contribution in [3.8, 4) is 0 Å². The van der Waals surface area contributed by atoms with E-state index in [0.29, 0.717) is 11.4 Å². The van der Waals surface area contributed by atoms with Gasteiger partial charge in [-0.05, 0) is 18.6 Å². The number of aromatic nitrogens is 2. The molecule has 2 rings (SSSR count). The number of nitrogens with two attached hydrogens (primary N) is 1. The predicted octanol–water partition coefficient (Wildman–Crippen LogP) is 1.47. The van der Waals surface area contributed by atoms with Gasteiger partial charge in [-0.15, -0.1) is 0 Å². The Morgan fingerprint density at radius 3 is 3.07 bits per heavy atom. The van der Waals surface area contributed by atoms with Crippen molar-refractivity contribution < 1.29 is 0 Å². The van der Waals surface area contributed by atoms with Crippen LogP contribution in [0.3, 0.4) is 0 Å². The van der Waals surface area contributed by atoms with Gasteiger partial charge >= 0.3 is 0 Å². The summed E-state index contributed by atoms with van der Waals surface area (Å²) in [6.07, 6.45) is 4.45. The maximum Gasteiger partial charge on any atom is 0.136 e. The molecular formula is C10H11N3S. The number of fused-ring (bicyclic) bond motifs is 1. The smallest absolute Gasteiger partial charge is 0.136 e. The van der Waals surface area contributed by atoms with Gasteiger partial charge in [0.25, 0.3) is 0 Å². The molecule has 0 saturated carbocycles. The van der Waals surface area contributed by atoms with Gasteiger partial charge in [0.1, 0.15) is 5.65 Å². The summed E-state index contributed by atoms with van der Waals surface area (Å²) in [7, 11) is 0. The van der Waals surface area contributed by atoms with Crippen LogP contribution >= 0.6 is 12.2 Å². The van der Waals surface area contributed by atoms with Crippen LogP contribution in [0.15, 0.2) is 24.5 Å². The summed E-state index contributed by atoms with van der Waals surface area (Å²) in [6, 6.07) is 4.02. The molecule has 0 atom stereocenters. The summed E-state index contributed by atoms with van der Waals surface area (Å²) in [4.78, 5) is 4.75. The molecule has 0 aliphatic carbocycles. The number of rotatable bonds is 2. The van der Waals surface area contributed by atoms with Crippen molar-refractivity contribution in [2.45, 2.75) is 13.3 Å². The van der Waals surface area contributed by atoms with Crippen LogP contribution in [0, 0.1) is 6.92 Å². The Bertz CT molecular complexity index is 487. The lowest BCUT2D eigenvalue weighted by Gasteiger charge is -2.01. The largest absolute Gasteiger partial charge is 0.393 e. The van der Waals surface area contributed by atoms with Gasteiger partial charge in [0.2, 0.25) is 0 Å². The first-order valence-corrected chi connectivity index (χ1v) is 4.78. The Hall–Kier alpha value is -1.42. The zero-order chi connectivity index (χ0) is 10.1. The van der Waals surface area contributed by atoms with E-state index in [4.69, 9.17) is 18.0 Å². The van der Waals surface area contributed by atoms with Crippen molar-refractivity contribution in [3.63, 3.8) is 0 Å². The number of aryl methyl sites for hydroxylation is 1. The number of hydrogen-bond donors (Lipinski definition) is 1. The van der Waals surface area contributed by atoms with Crippen molar-refractivity contribution in [3.05, 3.63) is 35.8 Å². The van der Waals surface area contributed by atoms with E-state index in [1.54, 1.807) is 0 Å². The highest BCUT2D eigenvalue weighted by Gasteiger charge is 2.03. The lowest BCUT2D eigenvalue weighted by Crippen LogP contribution is -2.12. The van der Waals surface area contributed by atoms with Gasteiger partial charge in [0.15, 0.2) is 0 Å².